The van der Waals surface area contributed by atoms with E-state index in [-0.39, 0.29) is 18.3 Å². The van der Waals surface area contributed by atoms with Crippen LogP contribution in [0.2, 0.25) is 0 Å². The van der Waals surface area contributed by atoms with Crippen LogP contribution in [-0.2, 0) is 0 Å². The summed E-state index contributed by atoms with van der Waals surface area (Å²) in [6.07, 6.45) is 2.23. The molecule has 1 saturated carbocycles. The number of pyridine rings is 1. The van der Waals surface area contributed by atoms with Crippen LogP contribution < -0.4 is 11.1 Å². The molecule has 1 aliphatic carbocycles. The van der Waals surface area contributed by atoms with Crippen LogP contribution in [0.3, 0.4) is 0 Å². The predicted octanol–water partition coefficient (Wildman–Crippen LogP) is 2.30. The fourth-order valence-corrected chi connectivity index (χ4v) is 2.28. The van der Waals surface area contributed by atoms with Crippen LogP contribution in [0, 0.1) is 6.92 Å². The third-order valence-corrected chi connectivity index (χ3v) is 3.58. The molecule has 1 amide bonds. The zero-order valence-corrected chi connectivity index (χ0v) is 13.8. The van der Waals surface area contributed by atoms with E-state index in [9.17, 15) is 4.79 Å². The Labute approximate surface area is 135 Å². The molecule has 7 heteroatoms. The van der Waals surface area contributed by atoms with Gasteiger partial charge in [0, 0.05) is 23.7 Å². The number of fused-ring (bicyclic) bond motifs is 1. The molecule has 0 spiro atoms. The summed E-state index contributed by atoms with van der Waals surface area (Å²) in [4.78, 5) is 17.0. The van der Waals surface area contributed by atoms with Gasteiger partial charge in [-0.25, -0.2) is 4.98 Å². The van der Waals surface area contributed by atoms with Gasteiger partial charge < -0.3 is 15.6 Å². The summed E-state index contributed by atoms with van der Waals surface area (Å²) in [6.45, 7) is 5.96. The lowest BCUT2D eigenvalue weighted by Gasteiger charge is -2.19. The number of aromatic nitrogens is 2. The molecule has 0 bridgehead atoms. The Kier molecular flexibility index (Phi) is 4.44. The number of hydrogen-bond acceptors (Lipinski definition) is 5. The minimum absolute atomic E-state index is 0. The lowest BCUT2D eigenvalue weighted by atomic mass is 10.1. The fraction of sp³-hybridized carbons (Fsp3) is 0.533. The van der Waals surface area contributed by atoms with Crippen LogP contribution in [-0.4, -0.2) is 28.1 Å². The number of aryl methyl sites for hydroxylation is 1. The summed E-state index contributed by atoms with van der Waals surface area (Å²) in [5, 5.41) is 7.49. The Morgan fingerprint density at radius 1 is 1.50 bits per heavy atom. The molecule has 120 valence electrons. The van der Waals surface area contributed by atoms with E-state index < -0.39 is 5.54 Å². The number of carbonyl (C=O) groups excluding carboxylic acids is 1. The number of halogens is 1. The lowest BCUT2D eigenvalue weighted by Crippen LogP contribution is -2.45. The van der Waals surface area contributed by atoms with Crippen molar-refractivity contribution in [2.45, 2.75) is 45.1 Å². The van der Waals surface area contributed by atoms with Crippen molar-refractivity contribution in [2.24, 2.45) is 5.73 Å². The van der Waals surface area contributed by atoms with Gasteiger partial charge in [0.05, 0.1) is 16.6 Å². The average Bonchev–Trinajstić information content (AvgIpc) is 3.19. The standard InChI is InChI=1S/C15H20N4O2.ClH/c1-8-12-10(13(20)17-7-15(2,3)16)6-11(9-4-5-9)18-14(12)21-19-8;/h6,9H,4-5,7,16H2,1-3H3,(H,17,20);1H. The van der Waals surface area contributed by atoms with Crippen molar-refractivity contribution in [3.8, 4) is 0 Å². The van der Waals surface area contributed by atoms with Gasteiger partial charge in [0.1, 0.15) is 0 Å². The van der Waals surface area contributed by atoms with Crippen LogP contribution in [0.15, 0.2) is 10.6 Å². The van der Waals surface area contributed by atoms with Crippen LogP contribution in [0.4, 0.5) is 0 Å². The Hall–Kier alpha value is -1.66. The molecule has 1 aliphatic rings. The van der Waals surface area contributed by atoms with Gasteiger partial charge in [-0.2, -0.15) is 0 Å². The molecular formula is C15H21ClN4O2. The number of nitrogens with two attached hydrogens (primary N) is 1. The van der Waals surface area contributed by atoms with Gasteiger partial charge in [-0.1, -0.05) is 5.16 Å². The van der Waals surface area contributed by atoms with Crippen molar-refractivity contribution in [3.63, 3.8) is 0 Å². The average molecular weight is 325 g/mol. The maximum Gasteiger partial charge on any atom is 0.259 e. The molecule has 0 atom stereocenters. The van der Waals surface area contributed by atoms with Crippen molar-refractivity contribution < 1.29 is 9.32 Å². The third-order valence-electron chi connectivity index (χ3n) is 3.58. The normalized spacial score (nSPS) is 14.7. The molecule has 2 heterocycles. The minimum atomic E-state index is -0.454. The van der Waals surface area contributed by atoms with Gasteiger partial charge in [-0.3, -0.25) is 4.79 Å². The second-order valence-electron chi connectivity index (χ2n) is 6.49. The highest BCUT2D eigenvalue weighted by molar-refractivity contribution is 6.06. The highest BCUT2D eigenvalue weighted by atomic mass is 35.5. The molecule has 2 aromatic rings. The second-order valence-corrected chi connectivity index (χ2v) is 6.49. The maximum absolute atomic E-state index is 12.5. The number of rotatable bonds is 4. The van der Waals surface area contributed by atoms with Crippen LogP contribution in [0.1, 0.15) is 54.4 Å². The van der Waals surface area contributed by atoms with Crippen molar-refractivity contribution in [2.75, 3.05) is 6.54 Å². The van der Waals surface area contributed by atoms with Gasteiger partial charge in [0.15, 0.2) is 0 Å². The van der Waals surface area contributed by atoms with Gasteiger partial charge in [0.25, 0.3) is 11.6 Å². The highest BCUT2D eigenvalue weighted by Crippen LogP contribution is 2.40. The van der Waals surface area contributed by atoms with Gasteiger partial charge >= 0.3 is 0 Å². The summed E-state index contributed by atoms with van der Waals surface area (Å²) in [5.74, 6) is 0.284. The Morgan fingerprint density at radius 3 is 2.77 bits per heavy atom. The number of amides is 1. The van der Waals surface area contributed by atoms with Gasteiger partial charge in [0.2, 0.25) is 0 Å². The Balaban J connectivity index is 0.00000176. The molecule has 3 N–H and O–H groups in total. The van der Waals surface area contributed by atoms with E-state index in [1.54, 1.807) is 0 Å². The molecule has 2 aromatic heterocycles. The number of carbonyl (C=O) groups is 1. The zero-order valence-electron chi connectivity index (χ0n) is 13.0. The molecule has 3 rings (SSSR count). The van der Waals surface area contributed by atoms with Crippen LogP contribution in [0.5, 0.6) is 0 Å². The van der Waals surface area contributed by atoms with E-state index in [4.69, 9.17) is 10.3 Å². The van der Waals surface area contributed by atoms with Gasteiger partial charge in [-0.15, -0.1) is 12.4 Å². The van der Waals surface area contributed by atoms with E-state index in [1.165, 1.54) is 0 Å². The van der Waals surface area contributed by atoms with E-state index in [0.29, 0.717) is 34.8 Å². The smallest absolute Gasteiger partial charge is 0.259 e. The summed E-state index contributed by atoms with van der Waals surface area (Å²) < 4.78 is 5.24. The third kappa shape index (κ3) is 3.39. The summed E-state index contributed by atoms with van der Waals surface area (Å²) >= 11 is 0. The second kappa shape index (κ2) is 5.85. The first-order valence-corrected chi connectivity index (χ1v) is 7.19. The number of nitrogens with zero attached hydrogens (tertiary/aromatic N) is 2. The molecule has 1 fully saturated rings. The van der Waals surface area contributed by atoms with Crippen molar-refractivity contribution in [1.82, 2.24) is 15.5 Å². The summed E-state index contributed by atoms with van der Waals surface area (Å²) in [5.41, 5.74) is 8.06. The van der Waals surface area contributed by atoms with E-state index in [2.05, 4.69) is 15.5 Å². The monoisotopic (exact) mass is 324 g/mol. The molecule has 0 aliphatic heterocycles. The first-order valence-electron chi connectivity index (χ1n) is 7.19. The lowest BCUT2D eigenvalue weighted by molar-refractivity contribution is 0.0947. The van der Waals surface area contributed by atoms with E-state index in [0.717, 1.165) is 18.5 Å². The Morgan fingerprint density at radius 2 is 2.18 bits per heavy atom. The summed E-state index contributed by atoms with van der Waals surface area (Å²) in [7, 11) is 0. The molecular weight excluding hydrogens is 304 g/mol. The Bertz CT molecular complexity index is 701. The predicted molar refractivity (Wildman–Crippen MR) is 86.4 cm³/mol. The minimum Gasteiger partial charge on any atom is -0.350 e. The number of hydrogen-bond donors (Lipinski definition) is 2. The van der Waals surface area contributed by atoms with E-state index in [1.807, 2.05) is 26.8 Å². The van der Waals surface area contributed by atoms with Crippen molar-refractivity contribution in [1.29, 1.82) is 0 Å². The first kappa shape index (κ1) is 16.7. The van der Waals surface area contributed by atoms with Crippen LogP contribution >= 0.6 is 12.4 Å². The van der Waals surface area contributed by atoms with Crippen LogP contribution in [0.25, 0.3) is 11.1 Å². The number of nitrogens with one attached hydrogen (secondary N) is 1. The van der Waals surface area contributed by atoms with Gasteiger partial charge in [-0.05, 0) is 39.7 Å². The maximum atomic E-state index is 12.5. The summed E-state index contributed by atoms with van der Waals surface area (Å²) in [6, 6.07) is 1.86. The molecule has 0 saturated heterocycles. The quantitative estimate of drug-likeness (QED) is 0.900. The first-order chi connectivity index (χ1) is 9.85. The molecule has 0 unspecified atom stereocenters. The molecule has 6 nitrogen and oxygen atoms in total. The van der Waals surface area contributed by atoms with E-state index >= 15 is 0 Å². The largest absolute Gasteiger partial charge is 0.350 e. The highest BCUT2D eigenvalue weighted by Gasteiger charge is 2.28. The fourth-order valence-electron chi connectivity index (χ4n) is 2.28. The molecule has 0 radical (unpaired) electrons. The van der Waals surface area contributed by atoms with Crippen molar-refractivity contribution in [3.05, 3.63) is 23.0 Å². The molecule has 0 aromatic carbocycles. The SMILES string of the molecule is Cc1noc2nc(C3CC3)cc(C(=O)NCC(C)(C)N)c12.Cl. The topological polar surface area (TPSA) is 94.0 Å². The van der Waals surface area contributed by atoms with Crippen molar-refractivity contribution >= 4 is 29.4 Å². The molecule has 22 heavy (non-hydrogen) atoms. The zero-order chi connectivity index (χ0) is 15.2.